The van der Waals surface area contributed by atoms with E-state index in [1.54, 1.807) is 6.07 Å². The van der Waals surface area contributed by atoms with E-state index in [1.165, 1.54) is 12.1 Å². The number of rotatable bonds is 3. The van der Waals surface area contributed by atoms with Crippen molar-refractivity contribution in [3.63, 3.8) is 0 Å². The molecule has 1 fully saturated rings. The lowest BCUT2D eigenvalue weighted by atomic mass is 10.2. The number of nitrogens with zero attached hydrogens (tertiary/aromatic N) is 1. The molecule has 88 valence electrons. The van der Waals surface area contributed by atoms with Crippen LogP contribution >= 0.6 is 23.2 Å². The van der Waals surface area contributed by atoms with Crippen LogP contribution in [0.3, 0.4) is 0 Å². The van der Waals surface area contributed by atoms with Gasteiger partial charge in [0.05, 0.1) is 0 Å². The molecule has 1 atom stereocenters. The zero-order valence-corrected chi connectivity index (χ0v) is 10.4. The molecule has 1 aliphatic heterocycles. The number of likely N-dealkylation sites (tertiary alicyclic amines) is 1. The summed E-state index contributed by atoms with van der Waals surface area (Å²) in [5.41, 5.74) is 0.846. The summed E-state index contributed by atoms with van der Waals surface area (Å²) in [4.78, 5) is 2.27. The molecule has 1 aromatic rings. The van der Waals surface area contributed by atoms with Crippen molar-refractivity contribution in [3.8, 4) is 0 Å². The molecule has 1 nitrogen and oxygen atoms in total. The minimum atomic E-state index is -0.235. The van der Waals surface area contributed by atoms with Gasteiger partial charge in [-0.25, -0.2) is 4.39 Å². The topological polar surface area (TPSA) is 3.24 Å². The Morgan fingerprint density at radius 1 is 1.44 bits per heavy atom. The Hall–Kier alpha value is -0.310. The van der Waals surface area contributed by atoms with E-state index in [-0.39, 0.29) is 5.82 Å². The largest absolute Gasteiger partial charge is 0.295 e. The first kappa shape index (κ1) is 12.2. The van der Waals surface area contributed by atoms with E-state index in [0.717, 1.165) is 24.9 Å². The van der Waals surface area contributed by atoms with E-state index in [2.05, 4.69) is 4.90 Å². The van der Waals surface area contributed by atoms with Gasteiger partial charge in [0.15, 0.2) is 0 Å². The fourth-order valence-corrected chi connectivity index (χ4v) is 2.69. The summed E-state index contributed by atoms with van der Waals surface area (Å²) in [5, 5.41) is 0.627. The highest BCUT2D eigenvalue weighted by atomic mass is 35.5. The molecular formula is C12H14Cl2FN. The maximum atomic E-state index is 13.1. The highest BCUT2D eigenvalue weighted by Crippen LogP contribution is 2.24. The third-order valence-electron chi connectivity index (χ3n) is 3.06. The smallest absolute Gasteiger partial charge is 0.123 e. The zero-order valence-electron chi connectivity index (χ0n) is 8.93. The van der Waals surface area contributed by atoms with Gasteiger partial charge in [-0.1, -0.05) is 11.6 Å². The van der Waals surface area contributed by atoms with Crippen molar-refractivity contribution in [2.75, 3.05) is 12.4 Å². The monoisotopic (exact) mass is 261 g/mol. The van der Waals surface area contributed by atoms with Crippen LogP contribution in [0.1, 0.15) is 18.4 Å². The minimum Gasteiger partial charge on any atom is -0.295 e. The molecule has 0 aromatic heterocycles. The second-order valence-corrected chi connectivity index (χ2v) is 4.87. The third kappa shape index (κ3) is 2.68. The molecule has 0 amide bonds. The molecule has 0 aliphatic carbocycles. The molecule has 4 heteroatoms. The first-order chi connectivity index (χ1) is 7.70. The number of alkyl halides is 1. The highest BCUT2D eigenvalue weighted by Gasteiger charge is 2.24. The second-order valence-electron chi connectivity index (χ2n) is 4.16. The van der Waals surface area contributed by atoms with Gasteiger partial charge >= 0.3 is 0 Å². The average Bonchev–Trinajstić information content (AvgIpc) is 2.71. The van der Waals surface area contributed by atoms with Crippen LogP contribution in [-0.2, 0) is 6.54 Å². The van der Waals surface area contributed by atoms with Crippen LogP contribution in [0.25, 0.3) is 0 Å². The van der Waals surface area contributed by atoms with Crippen LogP contribution in [0.15, 0.2) is 18.2 Å². The summed E-state index contributed by atoms with van der Waals surface area (Å²) < 4.78 is 13.1. The normalized spacial score (nSPS) is 21.6. The van der Waals surface area contributed by atoms with Crippen LogP contribution in [-0.4, -0.2) is 23.4 Å². The standard InChI is InChI=1S/C12H14Cl2FN/c13-7-11-2-1-5-16(11)8-9-6-10(15)3-4-12(9)14/h3-4,6,11H,1-2,5,7-8H2. The average molecular weight is 262 g/mol. The Morgan fingerprint density at radius 2 is 2.25 bits per heavy atom. The van der Waals surface area contributed by atoms with E-state index in [4.69, 9.17) is 23.2 Å². The van der Waals surface area contributed by atoms with Crippen LogP contribution in [0.5, 0.6) is 0 Å². The van der Waals surface area contributed by atoms with Crippen molar-refractivity contribution >= 4 is 23.2 Å². The lowest BCUT2D eigenvalue weighted by Crippen LogP contribution is -2.30. The van der Waals surface area contributed by atoms with Gasteiger partial charge in [-0.15, -0.1) is 11.6 Å². The molecule has 1 unspecified atom stereocenters. The first-order valence-electron chi connectivity index (χ1n) is 5.44. The van der Waals surface area contributed by atoms with Crippen molar-refractivity contribution in [3.05, 3.63) is 34.6 Å². The summed E-state index contributed by atoms with van der Waals surface area (Å²) in [6.45, 7) is 1.71. The van der Waals surface area contributed by atoms with Crippen LogP contribution in [0.2, 0.25) is 5.02 Å². The van der Waals surface area contributed by atoms with Gasteiger partial charge in [0, 0.05) is 23.5 Å². The fourth-order valence-electron chi connectivity index (χ4n) is 2.16. The van der Waals surface area contributed by atoms with E-state index in [0.29, 0.717) is 23.5 Å². The van der Waals surface area contributed by atoms with Crippen LogP contribution in [0, 0.1) is 5.82 Å². The van der Waals surface area contributed by atoms with E-state index >= 15 is 0 Å². The molecular weight excluding hydrogens is 248 g/mol. The van der Waals surface area contributed by atoms with E-state index in [9.17, 15) is 4.39 Å². The molecule has 2 rings (SSSR count). The molecule has 1 aromatic carbocycles. The molecule has 0 radical (unpaired) electrons. The molecule has 0 saturated carbocycles. The van der Waals surface area contributed by atoms with Crippen molar-refractivity contribution in [2.45, 2.75) is 25.4 Å². The van der Waals surface area contributed by atoms with Crippen LogP contribution in [0.4, 0.5) is 4.39 Å². The van der Waals surface area contributed by atoms with Gasteiger partial charge in [0.1, 0.15) is 5.82 Å². The van der Waals surface area contributed by atoms with Gasteiger partial charge in [0.25, 0.3) is 0 Å². The number of benzene rings is 1. The summed E-state index contributed by atoms with van der Waals surface area (Å²) in [6, 6.07) is 4.90. The zero-order chi connectivity index (χ0) is 11.5. The van der Waals surface area contributed by atoms with Crippen molar-refractivity contribution in [1.29, 1.82) is 0 Å². The second kappa shape index (κ2) is 5.35. The van der Waals surface area contributed by atoms with Gasteiger partial charge in [0.2, 0.25) is 0 Å². The van der Waals surface area contributed by atoms with Gasteiger partial charge < -0.3 is 0 Å². The lowest BCUT2D eigenvalue weighted by molar-refractivity contribution is 0.262. The Balaban J connectivity index is 2.11. The van der Waals surface area contributed by atoms with Crippen molar-refractivity contribution in [1.82, 2.24) is 4.90 Å². The molecule has 0 bridgehead atoms. The Kier molecular flexibility index (Phi) is 4.06. The predicted molar refractivity (Wildman–Crippen MR) is 65.6 cm³/mol. The molecule has 0 N–H and O–H groups in total. The van der Waals surface area contributed by atoms with Gasteiger partial charge in [-0.3, -0.25) is 4.90 Å². The molecule has 1 aliphatic rings. The Morgan fingerprint density at radius 3 is 3.00 bits per heavy atom. The predicted octanol–water partition coefficient (Wildman–Crippen LogP) is 3.68. The van der Waals surface area contributed by atoms with Gasteiger partial charge in [-0.2, -0.15) is 0 Å². The summed E-state index contributed by atoms with van der Waals surface area (Å²) in [7, 11) is 0. The minimum absolute atomic E-state index is 0.235. The maximum Gasteiger partial charge on any atom is 0.123 e. The molecule has 16 heavy (non-hydrogen) atoms. The molecule has 0 spiro atoms. The lowest BCUT2D eigenvalue weighted by Gasteiger charge is -2.23. The van der Waals surface area contributed by atoms with Gasteiger partial charge in [-0.05, 0) is 43.1 Å². The first-order valence-corrected chi connectivity index (χ1v) is 6.36. The number of hydrogen-bond donors (Lipinski definition) is 0. The third-order valence-corrected chi connectivity index (χ3v) is 3.78. The number of hydrogen-bond acceptors (Lipinski definition) is 1. The maximum absolute atomic E-state index is 13.1. The van der Waals surface area contributed by atoms with Crippen molar-refractivity contribution in [2.24, 2.45) is 0 Å². The van der Waals surface area contributed by atoms with E-state index in [1.807, 2.05) is 0 Å². The summed E-state index contributed by atoms with van der Waals surface area (Å²) >= 11 is 11.9. The summed E-state index contributed by atoms with van der Waals surface area (Å²) in [6.07, 6.45) is 2.28. The highest BCUT2D eigenvalue weighted by molar-refractivity contribution is 6.31. The number of halogens is 3. The van der Waals surface area contributed by atoms with Crippen LogP contribution < -0.4 is 0 Å². The Labute approximate surface area is 105 Å². The SMILES string of the molecule is Fc1ccc(Cl)c(CN2CCCC2CCl)c1. The molecule has 1 heterocycles. The van der Waals surface area contributed by atoms with Crippen molar-refractivity contribution < 1.29 is 4.39 Å². The van der Waals surface area contributed by atoms with E-state index < -0.39 is 0 Å². The Bertz CT molecular complexity index is 370. The fraction of sp³-hybridized carbons (Fsp3) is 0.500. The molecule has 1 saturated heterocycles. The summed E-state index contributed by atoms with van der Waals surface area (Å²) in [5.74, 6) is 0.397. The quantitative estimate of drug-likeness (QED) is 0.751.